The van der Waals surface area contributed by atoms with Crippen molar-refractivity contribution in [2.24, 2.45) is 0 Å². The van der Waals surface area contributed by atoms with Gasteiger partial charge >= 0.3 is 12.0 Å². The number of aryl methyl sites for hydroxylation is 1. The Labute approximate surface area is 238 Å². The van der Waals surface area contributed by atoms with Gasteiger partial charge < -0.3 is 15.0 Å². The van der Waals surface area contributed by atoms with E-state index in [1.165, 1.54) is 0 Å². The molecule has 0 fully saturated rings. The number of nitrogens with zero attached hydrogens (tertiary/aromatic N) is 3. The van der Waals surface area contributed by atoms with E-state index in [-0.39, 0.29) is 18.2 Å². The summed E-state index contributed by atoms with van der Waals surface area (Å²) in [4.78, 5) is 46.0. The molecule has 0 aliphatic rings. The van der Waals surface area contributed by atoms with Crippen LogP contribution in [0.4, 0.5) is 10.5 Å². The maximum Gasteiger partial charge on any atom is 0.338 e. The van der Waals surface area contributed by atoms with Crippen LogP contribution in [-0.4, -0.2) is 39.6 Å². The van der Waals surface area contributed by atoms with Gasteiger partial charge in [0.2, 0.25) is 0 Å². The van der Waals surface area contributed by atoms with Crippen molar-refractivity contribution in [3.8, 4) is 5.69 Å². The number of ether oxygens (including phenoxy) is 1. The first-order valence-electron chi connectivity index (χ1n) is 13.4. The summed E-state index contributed by atoms with van der Waals surface area (Å²) in [5.74, 6) is 0.00246. The number of nitrogens with one attached hydrogen (secondary N) is 1. The number of fused-ring (bicyclic) bond motifs is 1. The van der Waals surface area contributed by atoms with Gasteiger partial charge in [0.05, 0.1) is 34.8 Å². The molecule has 0 aliphatic heterocycles. The number of unbranched alkanes of at least 4 members (excludes halogenated alkanes) is 1. The molecule has 4 aromatic rings. The summed E-state index contributed by atoms with van der Waals surface area (Å²) in [5.41, 5.74) is 2.88. The van der Waals surface area contributed by atoms with Crippen LogP contribution in [-0.2, 0) is 4.74 Å². The molecular formula is C31H33ClN4O4. The van der Waals surface area contributed by atoms with Gasteiger partial charge in [-0.15, -0.1) is 0 Å². The highest BCUT2D eigenvalue weighted by Crippen LogP contribution is 2.26. The van der Waals surface area contributed by atoms with E-state index in [4.69, 9.17) is 21.3 Å². The number of carbonyl (C=O) groups is 2. The second-order valence-electron chi connectivity index (χ2n) is 9.56. The van der Waals surface area contributed by atoms with Crippen molar-refractivity contribution in [2.75, 3.05) is 18.5 Å². The molecule has 1 heterocycles. The van der Waals surface area contributed by atoms with Gasteiger partial charge in [-0.2, -0.15) is 0 Å². The van der Waals surface area contributed by atoms with Gasteiger partial charge in [-0.1, -0.05) is 42.6 Å². The summed E-state index contributed by atoms with van der Waals surface area (Å²) in [5, 5.41) is 3.83. The van der Waals surface area contributed by atoms with Crippen LogP contribution in [0.5, 0.6) is 0 Å². The molecule has 1 unspecified atom stereocenters. The molecule has 208 valence electrons. The SMILES string of the molecule is CCCCN(C(=O)Nc1ccc(C(=O)OCC)cc1)C(C)c1nc2cc(Cl)ccc2c(=O)n1-c1ccc(C)cc1. The zero-order valence-corrected chi connectivity index (χ0v) is 23.9. The van der Waals surface area contributed by atoms with Gasteiger partial charge in [0.25, 0.3) is 5.56 Å². The minimum absolute atomic E-state index is 0.238. The van der Waals surface area contributed by atoms with E-state index in [2.05, 4.69) is 5.32 Å². The summed E-state index contributed by atoms with van der Waals surface area (Å²) in [6.45, 7) is 8.37. The van der Waals surface area contributed by atoms with E-state index in [1.54, 1.807) is 58.9 Å². The summed E-state index contributed by atoms with van der Waals surface area (Å²) >= 11 is 6.24. The molecule has 0 bridgehead atoms. The fourth-order valence-electron chi connectivity index (χ4n) is 4.44. The number of urea groups is 1. The van der Waals surface area contributed by atoms with Crippen LogP contribution in [0.2, 0.25) is 5.02 Å². The summed E-state index contributed by atoms with van der Waals surface area (Å²) in [7, 11) is 0. The molecule has 40 heavy (non-hydrogen) atoms. The maximum absolute atomic E-state index is 13.8. The summed E-state index contributed by atoms with van der Waals surface area (Å²) < 4.78 is 6.61. The first-order chi connectivity index (χ1) is 19.2. The molecule has 4 rings (SSSR count). The number of carbonyl (C=O) groups excluding carboxylic acids is 2. The number of anilines is 1. The van der Waals surface area contributed by atoms with E-state index in [0.29, 0.717) is 45.2 Å². The minimum atomic E-state index is -0.567. The summed E-state index contributed by atoms with van der Waals surface area (Å²) in [6, 6.07) is 18.2. The van der Waals surface area contributed by atoms with Crippen molar-refractivity contribution >= 4 is 40.2 Å². The van der Waals surface area contributed by atoms with Crippen LogP contribution < -0.4 is 10.9 Å². The van der Waals surface area contributed by atoms with Gasteiger partial charge in [0.1, 0.15) is 5.82 Å². The molecular weight excluding hydrogens is 528 g/mol. The van der Waals surface area contributed by atoms with Gasteiger partial charge in [0.15, 0.2) is 0 Å². The topological polar surface area (TPSA) is 93.5 Å². The third kappa shape index (κ3) is 6.34. The van der Waals surface area contributed by atoms with Crippen molar-refractivity contribution in [3.63, 3.8) is 0 Å². The van der Waals surface area contributed by atoms with Crippen molar-refractivity contribution in [1.29, 1.82) is 0 Å². The van der Waals surface area contributed by atoms with Gasteiger partial charge in [-0.3, -0.25) is 9.36 Å². The summed E-state index contributed by atoms with van der Waals surface area (Å²) in [6.07, 6.45) is 1.63. The van der Waals surface area contributed by atoms with Gasteiger partial charge in [-0.25, -0.2) is 14.6 Å². The molecule has 3 aromatic carbocycles. The number of hydrogen-bond acceptors (Lipinski definition) is 5. The zero-order valence-electron chi connectivity index (χ0n) is 23.1. The van der Waals surface area contributed by atoms with Crippen LogP contribution in [0.3, 0.4) is 0 Å². The Balaban J connectivity index is 1.75. The molecule has 0 saturated heterocycles. The first-order valence-corrected chi connectivity index (χ1v) is 13.7. The normalized spacial score (nSPS) is 11.7. The van der Waals surface area contributed by atoms with Crippen LogP contribution in [0.25, 0.3) is 16.6 Å². The Hall–Kier alpha value is -4.17. The van der Waals surface area contributed by atoms with E-state index in [0.717, 1.165) is 18.4 Å². The lowest BCUT2D eigenvalue weighted by molar-refractivity contribution is 0.0526. The van der Waals surface area contributed by atoms with E-state index in [1.807, 2.05) is 45.0 Å². The highest BCUT2D eigenvalue weighted by molar-refractivity contribution is 6.31. The van der Waals surface area contributed by atoms with Crippen LogP contribution in [0.1, 0.15) is 61.4 Å². The molecule has 0 radical (unpaired) electrons. The molecule has 0 aliphatic carbocycles. The van der Waals surface area contributed by atoms with Crippen molar-refractivity contribution in [3.05, 3.63) is 99.1 Å². The fourth-order valence-corrected chi connectivity index (χ4v) is 4.60. The number of hydrogen-bond donors (Lipinski definition) is 1. The van der Waals surface area contributed by atoms with Crippen LogP contribution in [0.15, 0.2) is 71.5 Å². The highest BCUT2D eigenvalue weighted by atomic mass is 35.5. The highest BCUT2D eigenvalue weighted by Gasteiger charge is 2.27. The maximum atomic E-state index is 13.8. The molecule has 0 saturated carbocycles. The first kappa shape index (κ1) is 28.8. The third-order valence-electron chi connectivity index (χ3n) is 6.65. The standard InChI is InChI=1S/C31H33ClN4O4/c1-5-7-18-35(31(39)33-24-13-10-22(11-14-24)30(38)40-6-2)21(4)28-34-27-19-23(32)12-17-26(27)29(37)36(28)25-15-8-20(3)9-16-25/h8-17,19,21H,5-7,18H2,1-4H3,(H,33,39). The molecule has 1 N–H and O–H groups in total. The second-order valence-corrected chi connectivity index (χ2v) is 9.99. The minimum Gasteiger partial charge on any atom is -0.462 e. The third-order valence-corrected chi connectivity index (χ3v) is 6.89. The average Bonchev–Trinajstić information content (AvgIpc) is 2.94. The average molecular weight is 561 g/mol. The lowest BCUT2D eigenvalue weighted by Gasteiger charge is -2.30. The Kier molecular flexibility index (Phi) is 9.22. The Bertz CT molecular complexity index is 1570. The predicted octanol–water partition coefficient (Wildman–Crippen LogP) is 6.92. The quantitative estimate of drug-likeness (QED) is 0.224. The molecule has 8 nitrogen and oxygen atoms in total. The monoisotopic (exact) mass is 560 g/mol. The molecule has 9 heteroatoms. The Morgan fingerprint density at radius 2 is 1.75 bits per heavy atom. The van der Waals surface area contributed by atoms with Gasteiger partial charge in [0, 0.05) is 17.3 Å². The molecule has 2 amide bonds. The van der Waals surface area contributed by atoms with Crippen LogP contribution in [0, 0.1) is 6.92 Å². The van der Waals surface area contributed by atoms with Crippen LogP contribution >= 0.6 is 11.6 Å². The van der Waals surface area contributed by atoms with Gasteiger partial charge in [-0.05, 0) is 81.8 Å². The Morgan fingerprint density at radius 3 is 2.40 bits per heavy atom. The Morgan fingerprint density at radius 1 is 1.05 bits per heavy atom. The lowest BCUT2D eigenvalue weighted by Crippen LogP contribution is -2.40. The van der Waals surface area contributed by atoms with Crippen molar-refractivity contribution in [2.45, 2.75) is 46.6 Å². The second kappa shape index (κ2) is 12.8. The number of amides is 2. The molecule has 0 spiro atoms. The number of aromatic nitrogens is 2. The number of esters is 1. The van der Waals surface area contributed by atoms with Crippen molar-refractivity contribution < 1.29 is 14.3 Å². The fraction of sp³-hybridized carbons (Fsp3) is 0.290. The molecule has 1 atom stereocenters. The lowest BCUT2D eigenvalue weighted by atomic mass is 10.1. The van der Waals surface area contributed by atoms with E-state index in [9.17, 15) is 14.4 Å². The van der Waals surface area contributed by atoms with E-state index >= 15 is 0 Å². The largest absolute Gasteiger partial charge is 0.462 e. The number of halogens is 1. The van der Waals surface area contributed by atoms with Crippen molar-refractivity contribution in [1.82, 2.24) is 14.5 Å². The predicted molar refractivity (Wildman–Crippen MR) is 159 cm³/mol. The smallest absolute Gasteiger partial charge is 0.338 e. The zero-order chi connectivity index (χ0) is 28.8. The number of rotatable bonds is 9. The molecule has 1 aromatic heterocycles. The van der Waals surface area contributed by atoms with E-state index < -0.39 is 12.0 Å². The number of benzene rings is 3.